The van der Waals surface area contributed by atoms with Gasteiger partial charge >= 0.3 is 0 Å². The normalized spacial score (nSPS) is 17.9. The van der Waals surface area contributed by atoms with Crippen LogP contribution in [0.15, 0.2) is 18.2 Å². The van der Waals surface area contributed by atoms with Crippen LogP contribution in [0.5, 0.6) is 0 Å². The van der Waals surface area contributed by atoms with Crippen molar-refractivity contribution in [1.29, 1.82) is 0 Å². The lowest BCUT2D eigenvalue weighted by Gasteiger charge is -2.34. The topological polar surface area (TPSA) is 90.0 Å². The van der Waals surface area contributed by atoms with Gasteiger partial charge in [0, 0.05) is 24.8 Å². The van der Waals surface area contributed by atoms with Gasteiger partial charge in [0.25, 0.3) is 5.91 Å². The minimum atomic E-state index is -2.70. The van der Waals surface area contributed by atoms with Gasteiger partial charge in [0.15, 0.2) is 5.69 Å². The van der Waals surface area contributed by atoms with Crippen LogP contribution in [0, 0.1) is 17.2 Å². The monoisotopic (exact) mass is 396 g/mol. The van der Waals surface area contributed by atoms with Crippen LogP contribution in [0.4, 0.5) is 13.2 Å². The molecule has 28 heavy (non-hydrogen) atoms. The van der Waals surface area contributed by atoms with Gasteiger partial charge in [-0.1, -0.05) is 32.9 Å². The number of aromatic nitrogens is 2. The van der Waals surface area contributed by atoms with Gasteiger partial charge in [0.2, 0.25) is 11.8 Å². The molecule has 2 amide bonds. The number of rotatable bonds is 5. The SMILES string of the molecule is CC(C)(C)[C@H](NC(=O)c1nn(CC2CC(F)(F)C2)c2c(F)cccc12)C(N)=O. The maximum absolute atomic E-state index is 14.4. The molecule has 1 fully saturated rings. The van der Waals surface area contributed by atoms with Crippen molar-refractivity contribution in [3.8, 4) is 0 Å². The fourth-order valence-corrected chi connectivity index (χ4v) is 3.57. The number of hydrogen-bond acceptors (Lipinski definition) is 3. The molecule has 1 aliphatic rings. The Balaban J connectivity index is 1.94. The highest BCUT2D eigenvalue weighted by molar-refractivity contribution is 6.06. The predicted octanol–water partition coefficient (Wildman–Crippen LogP) is 2.85. The number of nitrogens with one attached hydrogen (secondary N) is 1. The molecule has 1 atom stereocenters. The second-order valence-electron chi connectivity index (χ2n) is 8.47. The quantitative estimate of drug-likeness (QED) is 0.814. The molecule has 1 heterocycles. The Morgan fingerprint density at radius 3 is 2.54 bits per heavy atom. The first-order valence-corrected chi connectivity index (χ1v) is 9.02. The number of nitrogens with zero attached hydrogens (tertiary/aromatic N) is 2. The summed E-state index contributed by atoms with van der Waals surface area (Å²) in [5, 5.41) is 6.99. The van der Waals surface area contributed by atoms with Gasteiger partial charge in [-0.15, -0.1) is 0 Å². The molecule has 3 N–H and O–H groups in total. The fraction of sp³-hybridized carbons (Fsp3) is 0.526. The van der Waals surface area contributed by atoms with E-state index in [1.807, 2.05) is 0 Å². The minimum absolute atomic E-state index is 0.0731. The van der Waals surface area contributed by atoms with Crippen LogP contribution in [0.1, 0.15) is 44.1 Å². The maximum atomic E-state index is 14.4. The lowest BCUT2D eigenvalue weighted by molar-refractivity contribution is -0.122. The zero-order valence-corrected chi connectivity index (χ0v) is 15.9. The van der Waals surface area contributed by atoms with Crippen molar-refractivity contribution in [2.75, 3.05) is 0 Å². The van der Waals surface area contributed by atoms with Crippen LogP contribution < -0.4 is 11.1 Å². The van der Waals surface area contributed by atoms with E-state index in [1.165, 1.54) is 22.9 Å². The highest BCUT2D eigenvalue weighted by Gasteiger charge is 2.45. The van der Waals surface area contributed by atoms with E-state index in [0.29, 0.717) is 0 Å². The number of nitrogens with two attached hydrogens (primary N) is 1. The van der Waals surface area contributed by atoms with E-state index in [9.17, 15) is 22.8 Å². The highest BCUT2D eigenvalue weighted by atomic mass is 19.3. The summed E-state index contributed by atoms with van der Waals surface area (Å²) in [5.41, 5.74) is 4.77. The van der Waals surface area contributed by atoms with Crippen molar-refractivity contribution in [2.45, 2.75) is 52.1 Å². The van der Waals surface area contributed by atoms with Gasteiger partial charge in [0.1, 0.15) is 17.4 Å². The molecule has 1 aliphatic carbocycles. The van der Waals surface area contributed by atoms with Gasteiger partial charge < -0.3 is 11.1 Å². The zero-order chi connectivity index (χ0) is 20.9. The van der Waals surface area contributed by atoms with Crippen LogP contribution in [0.3, 0.4) is 0 Å². The van der Waals surface area contributed by atoms with Gasteiger partial charge in [-0.3, -0.25) is 14.3 Å². The van der Waals surface area contributed by atoms with Crippen LogP contribution in [-0.2, 0) is 11.3 Å². The third-order valence-corrected chi connectivity index (χ3v) is 4.97. The molecule has 0 aliphatic heterocycles. The number of carbonyl (C=O) groups excluding carboxylic acids is 2. The number of benzene rings is 1. The number of carbonyl (C=O) groups is 2. The number of hydrogen-bond donors (Lipinski definition) is 2. The van der Waals surface area contributed by atoms with E-state index in [2.05, 4.69) is 10.4 Å². The molecule has 1 saturated carbocycles. The molecule has 0 spiro atoms. The molecule has 0 unspecified atom stereocenters. The van der Waals surface area contributed by atoms with Crippen LogP contribution >= 0.6 is 0 Å². The summed E-state index contributed by atoms with van der Waals surface area (Å²) < 4.78 is 41.9. The van der Waals surface area contributed by atoms with Crippen molar-refractivity contribution < 1.29 is 22.8 Å². The molecule has 0 radical (unpaired) electrons. The van der Waals surface area contributed by atoms with Crippen molar-refractivity contribution in [3.05, 3.63) is 29.7 Å². The number of primary amides is 1. The summed E-state index contributed by atoms with van der Waals surface area (Å²) in [7, 11) is 0. The van der Waals surface area contributed by atoms with Crippen LogP contribution in [-0.4, -0.2) is 33.6 Å². The molecule has 3 rings (SSSR count). The van der Waals surface area contributed by atoms with E-state index in [-0.39, 0.29) is 41.9 Å². The number of para-hydroxylation sites is 1. The minimum Gasteiger partial charge on any atom is -0.368 e. The molecule has 2 aromatic rings. The molecule has 1 aromatic heterocycles. The fourth-order valence-electron chi connectivity index (χ4n) is 3.57. The number of fused-ring (bicyclic) bond motifs is 1. The molecule has 6 nitrogen and oxygen atoms in total. The van der Waals surface area contributed by atoms with E-state index >= 15 is 0 Å². The molecule has 0 bridgehead atoms. The van der Waals surface area contributed by atoms with Crippen LogP contribution in [0.2, 0.25) is 0 Å². The lowest BCUT2D eigenvalue weighted by Crippen LogP contribution is -2.52. The predicted molar refractivity (Wildman–Crippen MR) is 97.3 cm³/mol. The standard InChI is InChI=1S/C19H23F3N4O2/c1-18(2,3)15(16(23)27)24-17(28)13-11-5-4-6-12(20)14(11)26(25-13)9-10-7-19(21,22)8-10/h4-6,10,15H,7-9H2,1-3H3,(H2,23,27)(H,24,28)/t15-/m1/s1. The molecular weight excluding hydrogens is 373 g/mol. The molecule has 1 aromatic carbocycles. The lowest BCUT2D eigenvalue weighted by atomic mass is 9.81. The number of halogens is 3. The Bertz CT molecular complexity index is 925. The maximum Gasteiger partial charge on any atom is 0.273 e. The summed E-state index contributed by atoms with van der Waals surface area (Å²) in [6, 6.07) is 3.23. The number of amides is 2. The summed E-state index contributed by atoms with van der Waals surface area (Å²) >= 11 is 0. The zero-order valence-electron chi connectivity index (χ0n) is 15.9. The van der Waals surface area contributed by atoms with Crippen molar-refractivity contribution >= 4 is 22.7 Å². The molecular formula is C19H23F3N4O2. The first kappa shape index (κ1) is 20.2. The van der Waals surface area contributed by atoms with E-state index in [1.54, 1.807) is 20.8 Å². The summed E-state index contributed by atoms with van der Waals surface area (Å²) in [5.74, 6) is -5.02. The molecule has 152 valence electrons. The van der Waals surface area contributed by atoms with Crippen molar-refractivity contribution in [2.24, 2.45) is 17.1 Å². The van der Waals surface area contributed by atoms with Crippen LogP contribution in [0.25, 0.3) is 10.9 Å². The molecule has 0 saturated heterocycles. The Kier molecular flexibility index (Phi) is 4.89. The third kappa shape index (κ3) is 3.83. The third-order valence-electron chi connectivity index (χ3n) is 4.97. The Morgan fingerprint density at radius 2 is 2.00 bits per heavy atom. The Labute approximate surface area is 160 Å². The van der Waals surface area contributed by atoms with Gasteiger partial charge in [-0.05, 0) is 17.4 Å². The Hall–Kier alpha value is -2.58. The average molecular weight is 396 g/mol. The van der Waals surface area contributed by atoms with E-state index in [4.69, 9.17) is 5.73 Å². The Morgan fingerprint density at radius 1 is 1.36 bits per heavy atom. The average Bonchev–Trinajstić information content (AvgIpc) is 2.89. The second kappa shape index (κ2) is 6.79. The first-order chi connectivity index (χ1) is 12.9. The van der Waals surface area contributed by atoms with E-state index in [0.717, 1.165) is 0 Å². The first-order valence-electron chi connectivity index (χ1n) is 9.02. The summed E-state index contributed by atoms with van der Waals surface area (Å²) in [6.07, 6.45) is -0.587. The van der Waals surface area contributed by atoms with Gasteiger partial charge in [0.05, 0.1) is 0 Å². The van der Waals surface area contributed by atoms with Gasteiger partial charge in [-0.2, -0.15) is 5.10 Å². The van der Waals surface area contributed by atoms with E-state index < -0.39 is 35.0 Å². The summed E-state index contributed by atoms with van der Waals surface area (Å²) in [4.78, 5) is 24.5. The summed E-state index contributed by atoms with van der Waals surface area (Å²) in [6.45, 7) is 5.32. The smallest absolute Gasteiger partial charge is 0.273 e. The largest absolute Gasteiger partial charge is 0.368 e. The van der Waals surface area contributed by atoms with Crippen molar-refractivity contribution in [1.82, 2.24) is 15.1 Å². The van der Waals surface area contributed by atoms with Crippen molar-refractivity contribution in [3.63, 3.8) is 0 Å². The second-order valence-corrected chi connectivity index (χ2v) is 8.47. The molecule has 9 heteroatoms. The number of alkyl halides is 2. The highest BCUT2D eigenvalue weighted by Crippen LogP contribution is 2.43. The van der Waals surface area contributed by atoms with Gasteiger partial charge in [-0.25, -0.2) is 13.2 Å².